The molecule has 0 aromatic carbocycles. The first kappa shape index (κ1) is 13.8. The average molecular weight is 238 g/mol. The monoisotopic (exact) mass is 238 g/mol. The van der Waals surface area contributed by atoms with Gasteiger partial charge in [0.2, 0.25) is 0 Å². The number of pyridine rings is 1. The first-order chi connectivity index (χ1) is 8.19. The van der Waals surface area contributed by atoms with E-state index in [2.05, 4.69) is 11.9 Å². The summed E-state index contributed by atoms with van der Waals surface area (Å²) >= 11 is 0. The van der Waals surface area contributed by atoms with E-state index in [4.69, 9.17) is 5.73 Å². The zero-order valence-electron chi connectivity index (χ0n) is 10.2. The van der Waals surface area contributed by atoms with Gasteiger partial charge < -0.3 is 5.73 Å². The van der Waals surface area contributed by atoms with Gasteiger partial charge in [-0.25, -0.2) is 4.39 Å². The Labute approximate surface area is 101 Å². The fourth-order valence-electron chi connectivity index (χ4n) is 1.86. The van der Waals surface area contributed by atoms with Crippen LogP contribution < -0.4 is 5.73 Å². The number of nitrogens with zero attached hydrogens (tertiary/aromatic N) is 1. The summed E-state index contributed by atoms with van der Waals surface area (Å²) in [5, 5.41) is 0. The van der Waals surface area contributed by atoms with Gasteiger partial charge in [-0.05, 0) is 31.4 Å². The molecule has 0 amide bonds. The number of halogens is 1. The smallest absolute Gasteiger partial charge is 0.165 e. The van der Waals surface area contributed by atoms with E-state index in [9.17, 15) is 9.18 Å². The third-order valence-corrected chi connectivity index (χ3v) is 3.00. The van der Waals surface area contributed by atoms with Crippen molar-refractivity contribution in [1.82, 2.24) is 4.98 Å². The number of ketones is 1. The van der Waals surface area contributed by atoms with Crippen molar-refractivity contribution in [2.24, 2.45) is 11.7 Å². The molecule has 0 spiro atoms. The topological polar surface area (TPSA) is 56.0 Å². The van der Waals surface area contributed by atoms with Crippen LogP contribution in [0.5, 0.6) is 0 Å². The highest BCUT2D eigenvalue weighted by molar-refractivity contribution is 5.96. The summed E-state index contributed by atoms with van der Waals surface area (Å²) in [7, 11) is 0. The zero-order valence-corrected chi connectivity index (χ0v) is 10.2. The van der Waals surface area contributed by atoms with Crippen molar-refractivity contribution >= 4 is 5.78 Å². The minimum Gasteiger partial charge on any atom is -0.330 e. The number of Topliss-reactive ketones (excluding diaryl/α,β-unsaturated/α-hetero) is 1. The molecule has 1 aromatic rings. The van der Waals surface area contributed by atoms with E-state index >= 15 is 0 Å². The molecule has 0 fully saturated rings. The van der Waals surface area contributed by atoms with Crippen molar-refractivity contribution in [1.29, 1.82) is 0 Å². The van der Waals surface area contributed by atoms with Crippen molar-refractivity contribution < 1.29 is 9.18 Å². The van der Waals surface area contributed by atoms with Crippen LogP contribution in [0.4, 0.5) is 4.39 Å². The minimum absolute atomic E-state index is 0.141. The zero-order chi connectivity index (χ0) is 12.7. The Hall–Kier alpha value is -1.29. The standard InChI is InChI=1S/C13H19FN2O/c1-2-10(5-7-15)3-4-13(17)11-6-8-16-9-12(11)14/h6,8-10H,2-5,7,15H2,1H3. The van der Waals surface area contributed by atoms with Crippen LogP contribution in [0.2, 0.25) is 0 Å². The molecule has 0 aliphatic heterocycles. The van der Waals surface area contributed by atoms with Crippen LogP contribution in [-0.4, -0.2) is 17.3 Å². The Balaban J connectivity index is 2.52. The predicted molar refractivity (Wildman–Crippen MR) is 65.2 cm³/mol. The quantitative estimate of drug-likeness (QED) is 0.743. The molecule has 17 heavy (non-hydrogen) atoms. The highest BCUT2D eigenvalue weighted by Crippen LogP contribution is 2.17. The van der Waals surface area contributed by atoms with Crippen molar-refractivity contribution in [2.45, 2.75) is 32.6 Å². The molecule has 2 N–H and O–H groups in total. The van der Waals surface area contributed by atoms with Crippen LogP contribution >= 0.6 is 0 Å². The summed E-state index contributed by atoms with van der Waals surface area (Å²) in [6.45, 7) is 2.72. The number of hydrogen-bond acceptors (Lipinski definition) is 3. The summed E-state index contributed by atoms with van der Waals surface area (Å²) in [6, 6.07) is 1.43. The van der Waals surface area contributed by atoms with E-state index in [1.807, 2.05) is 0 Å². The Morgan fingerprint density at radius 1 is 1.53 bits per heavy atom. The van der Waals surface area contributed by atoms with E-state index in [-0.39, 0.29) is 11.3 Å². The molecule has 94 valence electrons. The number of carbonyl (C=O) groups excluding carboxylic acids is 1. The molecule has 0 aliphatic carbocycles. The summed E-state index contributed by atoms with van der Waals surface area (Å²) < 4.78 is 13.3. The molecule has 3 nitrogen and oxygen atoms in total. The van der Waals surface area contributed by atoms with E-state index in [0.29, 0.717) is 18.9 Å². The van der Waals surface area contributed by atoms with Crippen LogP contribution in [0.1, 0.15) is 43.0 Å². The maximum Gasteiger partial charge on any atom is 0.165 e. The largest absolute Gasteiger partial charge is 0.330 e. The molecule has 4 heteroatoms. The Bertz CT molecular complexity index is 368. The lowest BCUT2D eigenvalue weighted by atomic mass is 9.94. The van der Waals surface area contributed by atoms with Gasteiger partial charge >= 0.3 is 0 Å². The highest BCUT2D eigenvalue weighted by atomic mass is 19.1. The van der Waals surface area contributed by atoms with Crippen molar-refractivity contribution in [3.8, 4) is 0 Å². The van der Waals surface area contributed by atoms with Gasteiger partial charge in [0.05, 0.1) is 11.8 Å². The molecule has 1 atom stereocenters. The molecule has 1 rings (SSSR count). The Morgan fingerprint density at radius 3 is 2.88 bits per heavy atom. The molecular formula is C13H19FN2O. The summed E-state index contributed by atoms with van der Waals surface area (Å²) in [4.78, 5) is 15.4. The van der Waals surface area contributed by atoms with Crippen LogP contribution in [0.3, 0.4) is 0 Å². The first-order valence-electron chi connectivity index (χ1n) is 6.01. The molecule has 0 saturated carbocycles. The van der Waals surface area contributed by atoms with Gasteiger partial charge in [0.15, 0.2) is 11.6 Å². The number of aromatic nitrogens is 1. The summed E-state index contributed by atoms with van der Waals surface area (Å²) in [5.41, 5.74) is 5.63. The second kappa shape index (κ2) is 7.12. The maximum atomic E-state index is 13.3. The van der Waals surface area contributed by atoms with Crippen molar-refractivity contribution in [3.63, 3.8) is 0 Å². The van der Waals surface area contributed by atoms with Gasteiger partial charge in [0, 0.05) is 12.6 Å². The number of nitrogens with two attached hydrogens (primary N) is 1. The molecular weight excluding hydrogens is 219 g/mol. The van der Waals surface area contributed by atoms with E-state index in [0.717, 1.165) is 25.5 Å². The SMILES string of the molecule is CCC(CCN)CCC(=O)c1ccncc1F. The van der Waals surface area contributed by atoms with Crippen LogP contribution in [-0.2, 0) is 0 Å². The minimum atomic E-state index is -0.538. The van der Waals surface area contributed by atoms with Crippen molar-refractivity contribution in [2.75, 3.05) is 6.54 Å². The summed E-state index contributed by atoms with van der Waals surface area (Å²) in [5.74, 6) is -0.237. The number of carbonyl (C=O) groups is 1. The number of hydrogen-bond donors (Lipinski definition) is 1. The van der Waals surface area contributed by atoms with Gasteiger partial charge in [-0.1, -0.05) is 13.3 Å². The summed E-state index contributed by atoms with van der Waals surface area (Å²) in [6.07, 6.45) is 5.58. The first-order valence-corrected chi connectivity index (χ1v) is 6.01. The second-order valence-electron chi connectivity index (χ2n) is 4.17. The fraction of sp³-hybridized carbons (Fsp3) is 0.538. The number of rotatable bonds is 7. The van der Waals surface area contributed by atoms with E-state index < -0.39 is 5.82 Å². The van der Waals surface area contributed by atoms with Crippen LogP contribution in [0.25, 0.3) is 0 Å². The normalized spacial score (nSPS) is 12.4. The molecule has 1 heterocycles. The third-order valence-electron chi connectivity index (χ3n) is 3.00. The highest BCUT2D eigenvalue weighted by Gasteiger charge is 2.13. The van der Waals surface area contributed by atoms with Crippen molar-refractivity contribution in [3.05, 3.63) is 29.8 Å². The maximum absolute atomic E-state index is 13.3. The molecule has 1 aromatic heterocycles. The fourth-order valence-corrected chi connectivity index (χ4v) is 1.86. The molecule has 0 aliphatic rings. The molecule has 0 radical (unpaired) electrons. The molecule has 1 unspecified atom stereocenters. The second-order valence-corrected chi connectivity index (χ2v) is 4.17. The lowest BCUT2D eigenvalue weighted by Gasteiger charge is -2.12. The van der Waals surface area contributed by atoms with E-state index in [1.54, 1.807) is 0 Å². The van der Waals surface area contributed by atoms with Gasteiger partial charge in [-0.2, -0.15) is 0 Å². The lowest BCUT2D eigenvalue weighted by Crippen LogP contribution is -2.11. The van der Waals surface area contributed by atoms with Gasteiger partial charge in [-0.15, -0.1) is 0 Å². The Morgan fingerprint density at radius 2 is 2.29 bits per heavy atom. The average Bonchev–Trinajstić information content (AvgIpc) is 2.34. The van der Waals surface area contributed by atoms with Gasteiger partial charge in [-0.3, -0.25) is 9.78 Å². The van der Waals surface area contributed by atoms with Gasteiger partial charge in [0.25, 0.3) is 0 Å². The van der Waals surface area contributed by atoms with Gasteiger partial charge in [0.1, 0.15) is 0 Å². The molecule has 0 bridgehead atoms. The molecule has 0 saturated heterocycles. The third kappa shape index (κ3) is 4.23. The van der Waals surface area contributed by atoms with Crippen LogP contribution in [0.15, 0.2) is 18.5 Å². The lowest BCUT2D eigenvalue weighted by molar-refractivity contribution is 0.0968. The predicted octanol–water partition coefficient (Wildman–Crippen LogP) is 2.56. The Kier molecular flexibility index (Phi) is 5.77. The van der Waals surface area contributed by atoms with Crippen LogP contribution in [0, 0.1) is 11.7 Å². The van der Waals surface area contributed by atoms with E-state index in [1.165, 1.54) is 12.3 Å².